The molecular weight excluding hydrogens is 316 g/mol. The molecule has 0 saturated carbocycles. The monoisotopic (exact) mass is 330 g/mol. The van der Waals surface area contributed by atoms with Gasteiger partial charge in [0.25, 0.3) is 11.8 Å². The van der Waals surface area contributed by atoms with E-state index < -0.39 is 11.8 Å². The van der Waals surface area contributed by atoms with Gasteiger partial charge < -0.3 is 15.2 Å². The van der Waals surface area contributed by atoms with Crippen LogP contribution in [0, 0.1) is 0 Å². The molecule has 0 saturated heterocycles. The summed E-state index contributed by atoms with van der Waals surface area (Å²) in [5, 5.41) is 22.8. The fraction of sp³-hybridized carbons (Fsp3) is 0.214. The number of aliphatic hydroxyl groups is 1. The number of aromatic nitrogens is 4. The number of carbonyl (C=O) groups excluding carboxylic acids is 2. The number of hydrogen-bond donors (Lipinski definition) is 2. The molecule has 2 heterocycles. The van der Waals surface area contributed by atoms with E-state index in [1.54, 1.807) is 18.2 Å². The average molecular weight is 330 g/mol. The van der Waals surface area contributed by atoms with Crippen molar-refractivity contribution in [1.82, 2.24) is 25.1 Å². The molecule has 24 heavy (non-hydrogen) atoms. The molecule has 2 amide bonds. The van der Waals surface area contributed by atoms with Crippen molar-refractivity contribution >= 4 is 17.5 Å². The summed E-state index contributed by atoms with van der Waals surface area (Å²) >= 11 is 0. The van der Waals surface area contributed by atoms with Gasteiger partial charge in [-0.05, 0) is 22.6 Å². The summed E-state index contributed by atoms with van der Waals surface area (Å²) in [6.45, 7) is -0.356. The highest BCUT2D eigenvalue weighted by atomic mass is 16.5. The quantitative estimate of drug-likeness (QED) is 0.669. The van der Waals surface area contributed by atoms with Crippen LogP contribution in [0.5, 0.6) is 5.75 Å². The van der Waals surface area contributed by atoms with E-state index in [2.05, 4.69) is 20.8 Å². The van der Waals surface area contributed by atoms with Gasteiger partial charge in [-0.1, -0.05) is 0 Å². The number of β-amino-alcohol motifs (C(OH)–C–C–N with tert-alkyl or cyclic N) is 1. The maximum atomic E-state index is 12.2. The summed E-state index contributed by atoms with van der Waals surface area (Å²) in [4.78, 5) is 25.0. The Balaban J connectivity index is 1.94. The predicted octanol–water partition coefficient (Wildman–Crippen LogP) is -0.672. The van der Waals surface area contributed by atoms with Crippen molar-refractivity contribution in [1.29, 1.82) is 0 Å². The molecule has 0 radical (unpaired) electrons. The summed E-state index contributed by atoms with van der Waals surface area (Å²) in [6.07, 6.45) is 2.59. The van der Waals surface area contributed by atoms with Crippen LogP contribution in [0.4, 0.5) is 5.69 Å². The first kappa shape index (κ1) is 15.6. The summed E-state index contributed by atoms with van der Waals surface area (Å²) in [7, 11) is 1.52. The Morgan fingerprint density at radius 3 is 2.83 bits per heavy atom. The van der Waals surface area contributed by atoms with Gasteiger partial charge in [-0.2, -0.15) is 4.68 Å². The first-order valence-electron chi connectivity index (χ1n) is 7.01. The number of carbonyl (C=O) groups is 2. The van der Waals surface area contributed by atoms with Crippen molar-refractivity contribution in [2.24, 2.45) is 0 Å². The maximum absolute atomic E-state index is 12.2. The molecule has 1 aromatic carbocycles. The van der Waals surface area contributed by atoms with Gasteiger partial charge in [0.2, 0.25) is 0 Å². The van der Waals surface area contributed by atoms with Gasteiger partial charge in [0.1, 0.15) is 17.8 Å². The minimum Gasteiger partial charge on any atom is -0.497 e. The minimum absolute atomic E-state index is 0.0582. The number of benzene rings is 1. The van der Waals surface area contributed by atoms with E-state index in [0.29, 0.717) is 17.1 Å². The normalized spacial score (nSPS) is 14.1. The second-order valence-corrected chi connectivity index (χ2v) is 4.84. The van der Waals surface area contributed by atoms with Gasteiger partial charge in [-0.15, -0.1) is 5.10 Å². The zero-order valence-electron chi connectivity index (χ0n) is 12.7. The Morgan fingerprint density at radius 2 is 2.17 bits per heavy atom. The molecule has 124 valence electrons. The molecule has 0 bridgehead atoms. The van der Waals surface area contributed by atoms with E-state index >= 15 is 0 Å². The number of hydrogen-bond acceptors (Lipinski definition) is 8. The van der Waals surface area contributed by atoms with E-state index in [0.717, 1.165) is 4.90 Å². The minimum atomic E-state index is -0.514. The highest BCUT2D eigenvalue weighted by Gasteiger charge is 2.31. The molecule has 2 N–H and O–H groups in total. The SMILES string of the molecule is COc1ccc(-n2cnnn2)c(NC2=CC(=O)N(CCO)C2=O)c1. The Labute approximate surface area is 136 Å². The molecule has 0 unspecified atom stereocenters. The van der Waals surface area contributed by atoms with Gasteiger partial charge >= 0.3 is 0 Å². The predicted molar refractivity (Wildman–Crippen MR) is 81.2 cm³/mol. The first-order valence-corrected chi connectivity index (χ1v) is 7.01. The van der Waals surface area contributed by atoms with Crippen LogP contribution in [0.25, 0.3) is 5.69 Å². The molecule has 10 heteroatoms. The number of methoxy groups -OCH3 is 1. The lowest BCUT2D eigenvalue weighted by Crippen LogP contribution is -2.34. The lowest BCUT2D eigenvalue weighted by atomic mass is 10.2. The number of nitrogens with zero attached hydrogens (tertiary/aromatic N) is 5. The van der Waals surface area contributed by atoms with Gasteiger partial charge in [0, 0.05) is 12.1 Å². The molecule has 0 atom stereocenters. The third kappa shape index (κ3) is 2.82. The van der Waals surface area contributed by atoms with Crippen LogP contribution in [0.2, 0.25) is 0 Å². The van der Waals surface area contributed by atoms with Gasteiger partial charge in [0.05, 0.1) is 31.6 Å². The summed E-state index contributed by atoms with van der Waals surface area (Å²) < 4.78 is 6.60. The highest BCUT2D eigenvalue weighted by Crippen LogP contribution is 2.27. The third-order valence-electron chi connectivity index (χ3n) is 3.40. The Bertz CT molecular complexity index is 802. The number of amides is 2. The average Bonchev–Trinajstić information content (AvgIpc) is 3.20. The van der Waals surface area contributed by atoms with Crippen LogP contribution in [0.1, 0.15) is 0 Å². The second kappa shape index (κ2) is 6.46. The Kier molecular flexibility index (Phi) is 4.20. The zero-order valence-corrected chi connectivity index (χ0v) is 12.7. The van der Waals surface area contributed by atoms with E-state index in [4.69, 9.17) is 9.84 Å². The highest BCUT2D eigenvalue weighted by molar-refractivity contribution is 6.17. The molecule has 1 aliphatic rings. The van der Waals surface area contributed by atoms with E-state index in [1.807, 2.05) is 0 Å². The van der Waals surface area contributed by atoms with Crippen molar-refractivity contribution in [3.63, 3.8) is 0 Å². The summed E-state index contributed by atoms with van der Waals surface area (Å²) in [5.74, 6) is -0.443. The second-order valence-electron chi connectivity index (χ2n) is 4.84. The van der Waals surface area contributed by atoms with Crippen LogP contribution in [0.15, 0.2) is 36.3 Å². The van der Waals surface area contributed by atoms with Gasteiger partial charge in [0.15, 0.2) is 0 Å². The number of rotatable bonds is 6. The third-order valence-corrected chi connectivity index (χ3v) is 3.40. The Morgan fingerprint density at radius 1 is 1.33 bits per heavy atom. The molecule has 2 aromatic rings. The molecule has 3 rings (SSSR count). The topological polar surface area (TPSA) is 122 Å². The largest absolute Gasteiger partial charge is 0.497 e. The lowest BCUT2D eigenvalue weighted by molar-refractivity contribution is -0.137. The number of aliphatic hydroxyl groups excluding tert-OH is 1. The fourth-order valence-corrected chi connectivity index (χ4v) is 2.27. The molecule has 0 fully saturated rings. The maximum Gasteiger partial charge on any atom is 0.277 e. The molecule has 0 aliphatic carbocycles. The smallest absolute Gasteiger partial charge is 0.277 e. The molecule has 1 aliphatic heterocycles. The summed E-state index contributed by atoms with van der Waals surface area (Å²) in [5.41, 5.74) is 1.15. The number of ether oxygens (including phenoxy) is 1. The standard InChI is InChI=1S/C14H14N6O4/c1-24-9-2-3-12(20-8-15-17-18-20)10(6-9)16-11-7-13(22)19(4-5-21)14(11)23/h2-3,6-8,16,21H,4-5H2,1H3. The molecular formula is C14H14N6O4. The lowest BCUT2D eigenvalue weighted by Gasteiger charge is -2.15. The number of imide groups is 1. The van der Waals surface area contributed by atoms with Crippen LogP contribution in [-0.4, -0.2) is 62.3 Å². The van der Waals surface area contributed by atoms with Crippen LogP contribution < -0.4 is 10.1 Å². The molecule has 10 nitrogen and oxygen atoms in total. The van der Waals surface area contributed by atoms with Crippen molar-refractivity contribution < 1.29 is 19.4 Å². The van der Waals surface area contributed by atoms with Crippen molar-refractivity contribution in [3.8, 4) is 11.4 Å². The van der Waals surface area contributed by atoms with Crippen LogP contribution in [-0.2, 0) is 9.59 Å². The number of tetrazole rings is 1. The van der Waals surface area contributed by atoms with Crippen molar-refractivity contribution in [3.05, 3.63) is 36.3 Å². The van der Waals surface area contributed by atoms with Crippen molar-refractivity contribution in [2.75, 3.05) is 25.6 Å². The van der Waals surface area contributed by atoms with Gasteiger partial charge in [-0.25, -0.2) is 0 Å². The molecule has 1 aromatic heterocycles. The van der Waals surface area contributed by atoms with E-state index in [1.165, 1.54) is 24.2 Å². The Hall–Kier alpha value is -3.27. The first-order chi connectivity index (χ1) is 11.6. The fourth-order valence-electron chi connectivity index (χ4n) is 2.27. The molecule has 0 spiro atoms. The van der Waals surface area contributed by atoms with Gasteiger partial charge in [-0.3, -0.25) is 14.5 Å². The van der Waals surface area contributed by atoms with E-state index in [9.17, 15) is 9.59 Å². The zero-order chi connectivity index (χ0) is 17.1. The van der Waals surface area contributed by atoms with Crippen LogP contribution >= 0.6 is 0 Å². The summed E-state index contributed by atoms with van der Waals surface area (Å²) in [6, 6.07) is 5.09. The number of nitrogens with one attached hydrogen (secondary N) is 1. The van der Waals surface area contributed by atoms with E-state index in [-0.39, 0.29) is 18.8 Å². The number of anilines is 1. The van der Waals surface area contributed by atoms with Crippen molar-refractivity contribution in [2.45, 2.75) is 0 Å². The van der Waals surface area contributed by atoms with Crippen LogP contribution in [0.3, 0.4) is 0 Å².